The molecule has 3 heteroatoms. The highest BCUT2D eigenvalue weighted by Crippen LogP contribution is 2.25. The standard InChI is InChI=1S/C18H39O2P/c1-3-5-7-9-11-13-15-17-20-21(19)18-16-14-12-10-8-6-4-2/h21H,3-18H2,1-2H3. The smallest absolute Gasteiger partial charge is 0.191 e. The molecule has 0 aliphatic heterocycles. The number of hydrogen-bond donors (Lipinski definition) is 0. The maximum atomic E-state index is 11.7. The van der Waals surface area contributed by atoms with Crippen LogP contribution in [-0.4, -0.2) is 12.8 Å². The number of hydrogen-bond acceptors (Lipinski definition) is 2. The summed E-state index contributed by atoms with van der Waals surface area (Å²) >= 11 is 0. The van der Waals surface area contributed by atoms with Crippen molar-refractivity contribution in [2.45, 2.75) is 104 Å². The first-order chi connectivity index (χ1) is 10.3. The van der Waals surface area contributed by atoms with Gasteiger partial charge in [-0.3, -0.25) is 4.57 Å². The highest BCUT2D eigenvalue weighted by atomic mass is 31.1. The first kappa shape index (κ1) is 21.2. The molecule has 0 radical (unpaired) electrons. The van der Waals surface area contributed by atoms with Gasteiger partial charge in [-0.25, -0.2) is 0 Å². The van der Waals surface area contributed by atoms with Crippen LogP contribution in [0.3, 0.4) is 0 Å². The average molecular weight is 318 g/mol. The lowest BCUT2D eigenvalue weighted by Crippen LogP contribution is -1.90. The van der Waals surface area contributed by atoms with Crippen molar-refractivity contribution < 1.29 is 9.09 Å². The third kappa shape index (κ3) is 18.1. The van der Waals surface area contributed by atoms with E-state index in [0.717, 1.165) is 19.0 Å². The minimum absolute atomic E-state index is 0.710. The highest BCUT2D eigenvalue weighted by molar-refractivity contribution is 7.39. The Labute approximate surface area is 134 Å². The summed E-state index contributed by atoms with van der Waals surface area (Å²) in [6.45, 7) is 5.20. The van der Waals surface area contributed by atoms with Gasteiger partial charge in [0.15, 0.2) is 8.03 Å². The number of unbranched alkanes of at least 4 members (excludes halogenated alkanes) is 12. The Bertz CT molecular complexity index is 219. The van der Waals surface area contributed by atoms with Crippen molar-refractivity contribution in [3.63, 3.8) is 0 Å². The SMILES string of the molecule is CCCCCCCCCO[PH](=O)CCCCCCCCC. The van der Waals surface area contributed by atoms with Crippen molar-refractivity contribution in [2.24, 2.45) is 0 Å². The summed E-state index contributed by atoms with van der Waals surface area (Å²) in [6, 6.07) is 0. The minimum Gasteiger partial charge on any atom is -0.330 e. The monoisotopic (exact) mass is 318 g/mol. The van der Waals surface area contributed by atoms with Crippen LogP contribution in [0.1, 0.15) is 104 Å². The molecule has 0 rings (SSSR count). The summed E-state index contributed by atoms with van der Waals surface area (Å²) in [5.74, 6) is 0. The topological polar surface area (TPSA) is 26.3 Å². The molecule has 2 nitrogen and oxygen atoms in total. The molecule has 0 saturated heterocycles. The van der Waals surface area contributed by atoms with E-state index in [9.17, 15) is 4.57 Å². The van der Waals surface area contributed by atoms with E-state index < -0.39 is 8.03 Å². The van der Waals surface area contributed by atoms with Crippen molar-refractivity contribution in [3.05, 3.63) is 0 Å². The first-order valence-electron chi connectivity index (χ1n) is 9.46. The maximum Gasteiger partial charge on any atom is 0.191 e. The van der Waals surface area contributed by atoms with Gasteiger partial charge in [0.05, 0.1) is 6.61 Å². The maximum absolute atomic E-state index is 11.7. The Balaban J connectivity index is 3.13. The van der Waals surface area contributed by atoms with Crippen LogP contribution in [0.25, 0.3) is 0 Å². The molecule has 0 aromatic rings. The Morgan fingerprint density at radius 2 is 1.05 bits per heavy atom. The van der Waals surface area contributed by atoms with Crippen LogP contribution in [0.15, 0.2) is 0 Å². The zero-order chi connectivity index (χ0) is 15.6. The van der Waals surface area contributed by atoms with Gasteiger partial charge in [-0.2, -0.15) is 0 Å². The fourth-order valence-corrected chi connectivity index (χ4v) is 3.60. The fraction of sp³-hybridized carbons (Fsp3) is 1.00. The van der Waals surface area contributed by atoms with E-state index in [0.29, 0.717) is 6.61 Å². The van der Waals surface area contributed by atoms with E-state index >= 15 is 0 Å². The fourth-order valence-electron chi connectivity index (χ4n) is 2.54. The van der Waals surface area contributed by atoms with Crippen LogP contribution >= 0.6 is 8.03 Å². The molecular weight excluding hydrogens is 279 g/mol. The molecule has 0 fully saturated rings. The summed E-state index contributed by atoms with van der Waals surface area (Å²) < 4.78 is 17.2. The molecule has 0 aromatic carbocycles. The summed E-state index contributed by atoms with van der Waals surface area (Å²) in [5, 5.41) is 0. The van der Waals surface area contributed by atoms with E-state index in [1.165, 1.54) is 77.0 Å². The largest absolute Gasteiger partial charge is 0.330 e. The second kappa shape index (κ2) is 18.2. The van der Waals surface area contributed by atoms with E-state index in [4.69, 9.17) is 4.52 Å². The third-order valence-electron chi connectivity index (χ3n) is 4.00. The second-order valence-electron chi connectivity index (χ2n) is 6.21. The van der Waals surface area contributed by atoms with Crippen LogP contribution in [0, 0.1) is 0 Å². The normalized spacial score (nSPS) is 12.7. The van der Waals surface area contributed by atoms with Gasteiger partial charge in [-0.1, -0.05) is 90.9 Å². The van der Waals surface area contributed by atoms with Crippen molar-refractivity contribution in [2.75, 3.05) is 12.8 Å². The van der Waals surface area contributed by atoms with E-state index in [1.807, 2.05) is 0 Å². The lowest BCUT2D eigenvalue weighted by molar-refractivity contribution is 0.315. The Hall–Kier alpha value is 0.190. The summed E-state index contributed by atoms with van der Waals surface area (Å²) in [5.41, 5.74) is 0. The third-order valence-corrected chi connectivity index (χ3v) is 5.28. The summed E-state index contributed by atoms with van der Waals surface area (Å²) in [6.07, 6.45) is 18.8. The van der Waals surface area contributed by atoms with E-state index in [2.05, 4.69) is 13.8 Å². The van der Waals surface area contributed by atoms with Crippen molar-refractivity contribution in [1.82, 2.24) is 0 Å². The van der Waals surface area contributed by atoms with Crippen LogP contribution < -0.4 is 0 Å². The Morgan fingerprint density at radius 1 is 0.619 bits per heavy atom. The molecule has 21 heavy (non-hydrogen) atoms. The van der Waals surface area contributed by atoms with Crippen molar-refractivity contribution >= 4 is 8.03 Å². The molecule has 1 atom stereocenters. The van der Waals surface area contributed by atoms with Gasteiger partial charge in [-0.05, 0) is 12.8 Å². The highest BCUT2D eigenvalue weighted by Gasteiger charge is 2.00. The molecule has 0 aliphatic rings. The first-order valence-corrected chi connectivity index (χ1v) is 11.0. The molecule has 1 unspecified atom stereocenters. The van der Waals surface area contributed by atoms with Gasteiger partial charge in [-0.15, -0.1) is 0 Å². The van der Waals surface area contributed by atoms with Gasteiger partial charge in [0.25, 0.3) is 0 Å². The van der Waals surface area contributed by atoms with Gasteiger partial charge in [0.2, 0.25) is 0 Å². The summed E-state index contributed by atoms with van der Waals surface area (Å²) in [7, 11) is -1.74. The van der Waals surface area contributed by atoms with Crippen LogP contribution in [0.4, 0.5) is 0 Å². The second-order valence-corrected chi connectivity index (χ2v) is 7.75. The summed E-state index contributed by atoms with van der Waals surface area (Å²) in [4.78, 5) is 0. The molecular formula is C18H39O2P. The van der Waals surface area contributed by atoms with E-state index in [1.54, 1.807) is 0 Å². The van der Waals surface area contributed by atoms with Gasteiger partial charge < -0.3 is 4.52 Å². The van der Waals surface area contributed by atoms with Gasteiger partial charge in [0.1, 0.15) is 0 Å². The average Bonchev–Trinajstić information content (AvgIpc) is 2.49. The molecule has 0 N–H and O–H groups in total. The Morgan fingerprint density at radius 3 is 1.57 bits per heavy atom. The molecule has 128 valence electrons. The van der Waals surface area contributed by atoms with Gasteiger partial charge in [0, 0.05) is 6.16 Å². The predicted octanol–water partition coefficient (Wildman–Crippen LogP) is 6.98. The van der Waals surface area contributed by atoms with E-state index in [-0.39, 0.29) is 0 Å². The molecule has 0 aromatic heterocycles. The van der Waals surface area contributed by atoms with Crippen LogP contribution in [0.5, 0.6) is 0 Å². The Kier molecular flexibility index (Phi) is 18.4. The van der Waals surface area contributed by atoms with Crippen molar-refractivity contribution in [3.8, 4) is 0 Å². The van der Waals surface area contributed by atoms with Crippen LogP contribution in [0.2, 0.25) is 0 Å². The lowest BCUT2D eigenvalue weighted by Gasteiger charge is -2.05. The molecule has 0 aliphatic carbocycles. The van der Waals surface area contributed by atoms with Crippen LogP contribution in [-0.2, 0) is 9.09 Å². The molecule has 0 amide bonds. The van der Waals surface area contributed by atoms with Gasteiger partial charge >= 0.3 is 0 Å². The molecule has 0 saturated carbocycles. The number of rotatable bonds is 17. The lowest BCUT2D eigenvalue weighted by atomic mass is 10.1. The molecule has 0 spiro atoms. The zero-order valence-corrected chi connectivity index (χ0v) is 15.6. The van der Waals surface area contributed by atoms with Crippen molar-refractivity contribution in [1.29, 1.82) is 0 Å². The molecule has 0 bridgehead atoms. The minimum atomic E-state index is -1.74. The quantitative estimate of drug-likeness (QED) is 0.213. The molecule has 0 heterocycles. The zero-order valence-electron chi connectivity index (χ0n) is 14.6. The predicted molar refractivity (Wildman–Crippen MR) is 95.8 cm³/mol.